The van der Waals surface area contributed by atoms with Gasteiger partial charge in [0.2, 0.25) is 0 Å². The number of nitro groups is 1. The van der Waals surface area contributed by atoms with E-state index in [2.05, 4.69) is 4.98 Å². The molecule has 0 fully saturated rings. The first-order valence-corrected chi connectivity index (χ1v) is 2.56. The summed E-state index contributed by atoms with van der Waals surface area (Å²) in [7, 11) is 0. The summed E-state index contributed by atoms with van der Waals surface area (Å²) in [5, 5.41) is 10.2. The Bertz CT molecular complexity index is 232. The third kappa shape index (κ3) is 1.20. The molecule has 0 amide bonds. The molecule has 0 aliphatic carbocycles. The molecular weight excluding hydrogens is 144 g/mol. The molecule has 9 heavy (non-hydrogen) atoms. The van der Waals surface area contributed by atoms with Crippen LogP contribution in [0.4, 0.5) is 5.69 Å². The molecule has 0 bridgehead atoms. The summed E-state index contributed by atoms with van der Waals surface area (Å²) in [5.74, 6) is 0. The summed E-state index contributed by atoms with van der Waals surface area (Å²) >= 11 is 5.34. The highest BCUT2D eigenvalue weighted by Crippen LogP contribution is 2.15. The summed E-state index contributed by atoms with van der Waals surface area (Å²) < 4.78 is 0. The van der Waals surface area contributed by atoms with Crippen LogP contribution in [-0.2, 0) is 0 Å². The lowest BCUT2D eigenvalue weighted by Crippen LogP contribution is -1.82. The van der Waals surface area contributed by atoms with E-state index in [-0.39, 0.29) is 10.8 Å². The molecule has 0 saturated carbocycles. The Morgan fingerprint density at radius 1 is 1.78 bits per heavy atom. The molecule has 5 heteroatoms. The van der Waals surface area contributed by atoms with Crippen LogP contribution in [0.25, 0.3) is 0 Å². The van der Waals surface area contributed by atoms with E-state index >= 15 is 0 Å². The van der Waals surface area contributed by atoms with Crippen molar-refractivity contribution in [1.29, 1.82) is 0 Å². The summed E-state index contributed by atoms with van der Waals surface area (Å²) in [6.07, 6.45) is 1.24. The van der Waals surface area contributed by atoms with E-state index in [4.69, 9.17) is 11.6 Å². The van der Waals surface area contributed by atoms with Crippen molar-refractivity contribution in [1.82, 2.24) is 4.98 Å². The van der Waals surface area contributed by atoms with Crippen LogP contribution in [0.15, 0.2) is 12.3 Å². The van der Waals surface area contributed by atoms with Crippen LogP contribution in [0, 0.1) is 10.1 Å². The minimum absolute atomic E-state index is 0.0139. The molecule has 0 radical (unpaired) electrons. The van der Waals surface area contributed by atoms with Gasteiger partial charge >= 0.3 is 0 Å². The Labute approximate surface area is 55.6 Å². The average Bonchev–Trinajstić information content (AvgIpc) is 2.14. The topological polar surface area (TPSA) is 58.9 Å². The second kappa shape index (κ2) is 2.06. The van der Waals surface area contributed by atoms with E-state index in [9.17, 15) is 10.1 Å². The minimum atomic E-state index is -0.512. The maximum atomic E-state index is 9.94. The maximum Gasteiger partial charge on any atom is 0.288 e. The van der Waals surface area contributed by atoms with Gasteiger partial charge in [-0.2, -0.15) is 0 Å². The largest absolute Gasteiger partial charge is 0.346 e. The molecule has 0 spiro atoms. The molecule has 48 valence electrons. The molecule has 0 aliphatic rings. The van der Waals surface area contributed by atoms with Crippen LogP contribution < -0.4 is 0 Å². The predicted molar refractivity (Wildman–Crippen MR) is 32.5 cm³/mol. The third-order valence-electron chi connectivity index (χ3n) is 0.843. The fourth-order valence-corrected chi connectivity index (χ4v) is 0.628. The minimum Gasteiger partial charge on any atom is -0.346 e. The molecule has 0 saturated heterocycles. The average molecular weight is 147 g/mol. The van der Waals surface area contributed by atoms with Gasteiger partial charge in [-0.1, -0.05) is 11.6 Å². The number of halogens is 1. The monoisotopic (exact) mass is 146 g/mol. The van der Waals surface area contributed by atoms with Crippen LogP contribution in [-0.4, -0.2) is 9.91 Å². The van der Waals surface area contributed by atoms with Crippen LogP contribution in [0.3, 0.4) is 0 Å². The van der Waals surface area contributed by atoms with Crippen LogP contribution in [0.2, 0.25) is 5.15 Å². The smallest absolute Gasteiger partial charge is 0.288 e. The summed E-state index contributed by atoms with van der Waals surface area (Å²) in [6.45, 7) is 0. The lowest BCUT2D eigenvalue weighted by molar-refractivity contribution is -0.384. The first-order valence-electron chi connectivity index (χ1n) is 2.18. The molecule has 4 nitrogen and oxygen atoms in total. The van der Waals surface area contributed by atoms with Gasteiger partial charge in [-0.15, -0.1) is 0 Å². The van der Waals surface area contributed by atoms with Crippen molar-refractivity contribution >= 4 is 17.3 Å². The van der Waals surface area contributed by atoms with Gasteiger partial charge in [0.05, 0.1) is 17.2 Å². The zero-order chi connectivity index (χ0) is 6.85. The van der Waals surface area contributed by atoms with Gasteiger partial charge < -0.3 is 4.98 Å². The zero-order valence-corrected chi connectivity index (χ0v) is 5.05. The highest BCUT2D eigenvalue weighted by molar-refractivity contribution is 6.29. The van der Waals surface area contributed by atoms with E-state index in [1.165, 1.54) is 12.3 Å². The maximum absolute atomic E-state index is 9.94. The van der Waals surface area contributed by atoms with Gasteiger partial charge in [-0.3, -0.25) is 10.1 Å². The quantitative estimate of drug-likeness (QED) is 0.483. The predicted octanol–water partition coefficient (Wildman–Crippen LogP) is 1.58. The Hall–Kier alpha value is -1.03. The number of hydrogen-bond donors (Lipinski definition) is 1. The van der Waals surface area contributed by atoms with Gasteiger partial charge in [0.25, 0.3) is 5.69 Å². The van der Waals surface area contributed by atoms with Crippen molar-refractivity contribution in [2.24, 2.45) is 0 Å². The van der Waals surface area contributed by atoms with E-state index < -0.39 is 4.92 Å². The van der Waals surface area contributed by atoms with Crippen LogP contribution in [0.1, 0.15) is 0 Å². The zero-order valence-electron chi connectivity index (χ0n) is 4.30. The number of H-pyrrole nitrogens is 1. The molecule has 0 atom stereocenters. The van der Waals surface area contributed by atoms with Gasteiger partial charge in [0, 0.05) is 0 Å². The van der Waals surface area contributed by atoms with Gasteiger partial charge in [-0.05, 0) is 0 Å². The van der Waals surface area contributed by atoms with Crippen molar-refractivity contribution < 1.29 is 4.92 Å². The van der Waals surface area contributed by atoms with Crippen molar-refractivity contribution in [3.05, 3.63) is 27.5 Å². The van der Waals surface area contributed by atoms with Crippen molar-refractivity contribution in [3.8, 4) is 0 Å². The lowest BCUT2D eigenvalue weighted by atomic mass is 10.6. The molecular formula is C4H3ClN2O2. The molecule has 0 aromatic carbocycles. The SMILES string of the molecule is O=[N+]([O-])c1c[nH]c(Cl)c1. The third-order valence-corrected chi connectivity index (χ3v) is 1.06. The van der Waals surface area contributed by atoms with Gasteiger partial charge in [0.1, 0.15) is 5.15 Å². The Morgan fingerprint density at radius 3 is 2.67 bits per heavy atom. The van der Waals surface area contributed by atoms with Crippen LogP contribution >= 0.6 is 11.6 Å². The van der Waals surface area contributed by atoms with E-state index in [1.54, 1.807) is 0 Å². The molecule has 1 rings (SSSR count). The standard InChI is InChI=1S/C4H3ClN2O2/c5-4-1-3(2-6-4)7(8)9/h1-2,6H. The lowest BCUT2D eigenvalue weighted by Gasteiger charge is -1.77. The summed E-state index contributed by atoms with van der Waals surface area (Å²) in [4.78, 5) is 11.9. The normalized spacial score (nSPS) is 9.44. The molecule has 1 aromatic rings. The van der Waals surface area contributed by atoms with Gasteiger partial charge in [-0.25, -0.2) is 0 Å². The number of rotatable bonds is 1. The Balaban J connectivity index is 2.98. The molecule has 1 N–H and O–H groups in total. The fourth-order valence-electron chi connectivity index (χ4n) is 0.461. The van der Waals surface area contributed by atoms with E-state index in [0.29, 0.717) is 0 Å². The summed E-state index contributed by atoms with van der Waals surface area (Å²) in [5.41, 5.74) is -0.0139. The Kier molecular flexibility index (Phi) is 1.40. The van der Waals surface area contributed by atoms with Crippen molar-refractivity contribution in [3.63, 3.8) is 0 Å². The number of nitrogens with one attached hydrogen (secondary N) is 1. The molecule has 0 aliphatic heterocycles. The van der Waals surface area contributed by atoms with Crippen molar-refractivity contribution in [2.45, 2.75) is 0 Å². The van der Waals surface area contributed by atoms with Gasteiger partial charge in [0.15, 0.2) is 0 Å². The number of aromatic nitrogens is 1. The van der Waals surface area contributed by atoms with Crippen LogP contribution in [0.5, 0.6) is 0 Å². The summed E-state index contributed by atoms with van der Waals surface area (Å²) in [6, 6.07) is 1.25. The number of nitrogens with zero attached hydrogens (tertiary/aromatic N) is 1. The second-order valence-electron chi connectivity index (χ2n) is 1.46. The second-order valence-corrected chi connectivity index (χ2v) is 1.87. The first kappa shape index (κ1) is 6.10. The molecule has 1 heterocycles. The van der Waals surface area contributed by atoms with Crippen molar-refractivity contribution in [2.75, 3.05) is 0 Å². The van der Waals surface area contributed by atoms with E-state index in [0.717, 1.165) is 0 Å². The fraction of sp³-hybridized carbons (Fsp3) is 0. The number of hydrogen-bond acceptors (Lipinski definition) is 2. The number of aromatic amines is 1. The van der Waals surface area contributed by atoms with E-state index in [1.807, 2.05) is 0 Å². The highest BCUT2D eigenvalue weighted by atomic mass is 35.5. The first-order chi connectivity index (χ1) is 4.20. The Morgan fingerprint density at radius 2 is 2.44 bits per heavy atom. The highest BCUT2D eigenvalue weighted by Gasteiger charge is 2.05. The molecule has 0 unspecified atom stereocenters. The molecule has 1 aromatic heterocycles.